The topological polar surface area (TPSA) is 37.3 Å². The summed E-state index contributed by atoms with van der Waals surface area (Å²) in [6, 6.07) is 0. The van der Waals surface area contributed by atoms with Crippen LogP contribution in [-0.2, 0) is 4.79 Å². The Bertz CT molecular complexity index is 350. The van der Waals surface area contributed by atoms with Crippen LogP contribution < -0.4 is 0 Å². The molecule has 0 aromatic carbocycles. The first-order chi connectivity index (χ1) is 6.79. The first-order valence-electron chi connectivity index (χ1n) is 5.43. The monoisotopic (exact) mass is 212 g/mol. The van der Waals surface area contributed by atoms with Crippen molar-refractivity contribution in [3.8, 4) is 0 Å². The van der Waals surface area contributed by atoms with Gasteiger partial charge in [0.25, 0.3) is 0 Å². The molecule has 2 fully saturated rings. The van der Waals surface area contributed by atoms with Crippen LogP contribution in [0, 0.1) is 16.7 Å². The third kappa shape index (κ3) is 1.25. The summed E-state index contributed by atoms with van der Waals surface area (Å²) in [5, 5.41) is 8.78. The van der Waals surface area contributed by atoms with E-state index in [1.165, 1.54) is 0 Å². The third-order valence-corrected chi connectivity index (χ3v) is 4.42. The molecular weight excluding hydrogens is 195 g/mol. The van der Waals surface area contributed by atoms with E-state index >= 15 is 0 Å². The molecule has 2 aliphatic carbocycles. The van der Waals surface area contributed by atoms with Crippen LogP contribution in [0.2, 0.25) is 0 Å². The summed E-state index contributed by atoms with van der Waals surface area (Å²) in [5.41, 5.74) is 0.0466. The Labute approximate surface area is 89.2 Å². The summed E-state index contributed by atoms with van der Waals surface area (Å²) in [6.45, 7) is 5.94. The highest BCUT2D eigenvalue weighted by Gasteiger charge is 2.57. The van der Waals surface area contributed by atoms with E-state index < -0.39 is 11.8 Å². The van der Waals surface area contributed by atoms with Gasteiger partial charge >= 0.3 is 5.97 Å². The summed E-state index contributed by atoms with van der Waals surface area (Å²) >= 11 is 0. The fourth-order valence-electron chi connectivity index (χ4n) is 3.72. The first-order valence-corrected chi connectivity index (χ1v) is 5.43. The lowest BCUT2D eigenvalue weighted by Crippen LogP contribution is -2.28. The van der Waals surface area contributed by atoms with Gasteiger partial charge in [0.1, 0.15) is 0 Å². The zero-order valence-electron chi connectivity index (χ0n) is 9.43. The molecule has 3 heteroatoms. The summed E-state index contributed by atoms with van der Waals surface area (Å²) in [5.74, 6) is -1.88. The molecule has 0 saturated heterocycles. The molecule has 0 radical (unpaired) electrons. The average molecular weight is 212 g/mol. The Balaban J connectivity index is 2.56. The van der Waals surface area contributed by atoms with Crippen molar-refractivity contribution in [3.63, 3.8) is 0 Å². The summed E-state index contributed by atoms with van der Waals surface area (Å²) in [6.07, 6.45) is 2.97. The quantitative estimate of drug-likeness (QED) is 0.678. The molecule has 2 unspecified atom stereocenters. The fourth-order valence-corrected chi connectivity index (χ4v) is 3.72. The largest absolute Gasteiger partial charge is 0.476 e. The second kappa shape index (κ2) is 2.83. The molecule has 84 valence electrons. The number of carboxylic acid groups (broad SMARTS) is 1. The van der Waals surface area contributed by atoms with Gasteiger partial charge in [0, 0.05) is 0 Å². The SMILES string of the molecule is CC12CCC(C1)C(C)(C)C2=C(F)C(=O)O. The van der Waals surface area contributed by atoms with Gasteiger partial charge in [0.2, 0.25) is 5.83 Å². The maximum absolute atomic E-state index is 13.7. The van der Waals surface area contributed by atoms with Gasteiger partial charge in [-0.15, -0.1) is 0 Å². The Morgan fingerprint density at radius 2 is 2.07 bits per heavy atom. The van der Waals surface area contributed by atoms with Gasteiger partial charge in [-0.05, 0) is 41.6 Å². The first kappa shape index (κ1) is 10.7. The van der Waals surface area contributed by atoms with Gasteiger partial charge in [-0.2, -0.15) is 4.39 Å². The highest BCUT2D eigenvalue weighted by Crippen LogP contribution is 2.66. The predicted molar refractivity (Wildman–Crippen MR) is 55.0 cm³/mol. The molecule has 1 N–H and O–H groups in total. The number of hydrogen-bond donors (Lipinski definition) is 1. The number of carboxylic acids is 1. The van der Waals surface area contributed by atoms with E-state index in [1.807, 2.05) is 20.8 Å². The summed E-state index contributed by atoms with van der Waals surface area (Å²) < 4.78 is 13.7. The van der Waals surface area contributed by atoms with Crippen LogP contribution in [0.4, 0.5) is 4.39 Å². The normalized spacial score (nSPS) is 40.7. The van der Waals surface area contributed by atoms with Crippen LogP contribution in [0.15, 0.2) is 11.4 Å². The standard InChI is InChI=1S/C12H17FO2/c1-11(2)7-4-5-12(3,6-7)9(11)8(13)10(14)15/h7H,4-6H2,1-3H3,(H,14,15). The van der Waals surface area contributed by atoms with Gasteiger partial charge in [0.05, 0.1) is 0 Å². The Hall–Kier alpha value is -0.860. The second-order valence-corrected chi connectivity index (χ2v) is 5.72. The number of halogens is 1. The van der Waals surface area contributed by atoms with Crippen LogP contribution in [-0.4, -0.2) is 11.1 Å². The molecule has 15 heavy (non-hydrogen) atoms. The Kier molecular flexibility index (Phi) is 2.01. The van der Waals surface area contributed by atoms with E-state index in [9.17, 15) is 9.18 Å². The van der Waals surface area contributed by atoms with Gasteiger partial charge in [-0.25, -0.2) is 4.79 Å². The molecule has 2 nitrogen and oxygen atoms in total. The van der Waals surface area contributed by atoms with Crippen molar-refractivity contribution in [2.45, 2.75) is 40.0 Å². The fraction of sp³-hybridized carbons (Fsp3) is 0.750. The van der Waals surface area contributed by atoms with Crippen LogP contribution in [0.3, 0.4) is 0 Å². The maximum Gasteiger partial charge on any atom is 0.364 e. The minimum atomic E-state index is -1.41. The molecule has 2 rings (SSSR count). The van der Waals surface area contributed by atoms with Crippen molar-refractivity contribution < 1.29 is 14.3 Å². The molecular formula is C12H17FO2. The van der Waals surface area contributed by atoms with Gasteiger partial charge < -0.3 is 5.11 Å². The van der Waals surface area contributed by atoms with E-state index in [4.69, 9.17) is 5.11 Å². The molecule has 0 aliphatic heterocycles. The lowest BCUT2D eigenvalue weighted by Gasteiger charge is -2.36. The predicted octanol–water partition coefficient (Wildman–Crippen LogP) is 3.14. The van der Waals surface area contributed by atoms with E-state index in [1.54, 1.807) is 0 Å². The van der Waals surface area contributed by atoms with Gasteiger partial charge in [-0.1, -0.05) is 20.8 Å². The number of fused-ring (bicyclic) bond motifs is 2. The number of aliphatic carboxylic acids is 1. The molecule has 0 aromatic heterocycles. The number of allylic oxidation sites excluding steroid dienone is 1. The van der Waals surface area contributed by atoms with E-state index in [0.29, 0.717) is 11.5 Å². The highest BCUT2D eigenvalue weighted by atomic mass is 19.1. The smallest absolute Gasteiger partial charge is 0.364 e. The van der Waals surface area contributed by atoms with Crippen molar-refractivity contribution in [1.29, 1.82) is 0 Å². The average Bonchev–Trinajstić information content (AvgIpc) is 2.54. The van der Waals surface area contributed by atoms with Crippen LogP contribution in [0.25, 0.3) is 0 Å². The molecule has 0 spiro atoms. The van der Waals surface area contributed by atoms with E-state index in [0.717, 1.165) is 19.3 Å². The third-order valence-electron chi connectivity index (χ3n) is 4.42. The molecule has 2 saturated carbocycles. The molecule has 0 heterocycles. The summed E-state index contributed by atoms with van der Waals surface area (Å²) in [7, 11) is 0. The molecule has 2 bridgehead atoms. The number of hydrogen-bond acceptors (Lipinski definition) is 1. The Morgan fingerprint density at radius 3 is 2.47 bits per heavy atom. The van der Waals surface area contributed by atoms with Crippen molar-refractivity contribution in [2.24, 2.45) is 16.7 Å². The number of rotatable bonds is 1. The van der Waals surface area contributed by atoms with E-state index in [-0.39, 0.29) is 10.8 Å². The van der Waals surface area contributed by atoms with Gasteiger partial charge in [0.15, 0.2) is 0 Å². The number of carbonyl (C=O) groups is 1. The van der Waals surface area contributed by atoms with Gasteiger partial charge in [-0.3, -0.25) is 0 Å². The van der Waals surface area contributed by atoms with E-state index in [2.05, 4.69) is 0 Å². The molecule has 0 amide bonds. The molecule has 2 aliphatic rings. The van der Waals surface area contributed by atoms with Crippen molar-refractivity contribution >= 4 is 5.97 Å². The Morgan fingerprint density at radius 1 is 1.47 bits per heavy atom. The minimum absolute atomic E-state index is 0.212. The minimum Gasteiger partial charge on any atom is -0.476 e. The van der Waals surface area contributed by atoms with Crippen molar-refractivity contribution in [2.75, 3.05) is 0 Å². The second-order valence-electron chi connectivity index (χ2n) is 5.72. The van der Waals surface area contributed by atoms with Crippen LogP contribution >= 0.6 is 0 Å². The molecule has 0 aromatic rings. The highest BCUT2D eigenvalue weighted by molar-refractivity contribution is 5.85. The zero-order chi connectivity index (χ0) is 11.4. The molecule has 2 atom stereocenters. The zero-order valence-corrected chi connectivity index (χ0v) is 9.43. The van der Waals surface area contributed by atoms with Crippen molar-refractivity contribution in [3.05, 3.63) is 11.4 Å². The van der Waals surface area contributed by atoms with Crippen LogP contribution in [0.5, 0.6) is 0 Å². The summed E-state index contributed by atoms with van der Waals surface area (Å²) in [4.78, 5) is 10.8. The van der Waals surface area contributed by atoms with Crippen LogP contribution in [0.1, 0.15) is 40.0 Å². The van der Waals surface area contributed by atoms with Crippen molar-refractivity contribution in [1.82, 2.24) is 0 Å². The lowest BCUT2D eigenvalue weighted by atomic mass is 9.68. The lowest BCUT2D eigenvalue weighted by molar-refractivity contribution is -0.134. The maximum atomic E-state index is 13.7.